The maximum Gasteiger partial charge on any atom is 0.180 e. The molecule has 526 valence electrons. The zero-order valence-corrected chi connectivity index (χ0v) is 60.8. The third-order valence-electron chi connectivity index (χ3n) is 22.7. The molecule has 0 fully saturated rings. The first-order valence-corrected chi connectivity index (χ1v) is 38.2. The standard InChI is InChI=1S/C52H32N4O.C52H31N3O/c1-3-16-33(17-4-1)49-51-50(54-52(53-49)34-18-5-2-6-19-34)48-38(24-15-29-47(48)57-51)35-30-36(55-43-25-11-7-20-39(43)40-21-8-12-26-44(40)55)32-37(31-35)56-45-27-13-9-22-41(45)42-23-10-14-28-46(42)56;1-2-14-32(15-3-1)52-53-49(34-28-29-41-39-20-5-4-18-37(39)38-19-6-7-21-40(38)44(41)31-34)51-50(54-52)48-36(24-13-27-47(48)56-51)33-16-12-17-35(30-33)55-45-25-10-8-22-42(45)43-23-9-11-26-46(43)55/h1-32H;1-31H. The summed E-state index contributed by atoms with van der Waals surface area (Å²) in [7, 11) is 0. The minimum atomic E-state index is 0.657. The first kappa shape index (κ1) is 63.7. The Kier molecular flexibility index (Phi) is 14.5. The molecule has 0 spiro atoms. The lowest BCUT2D eigenvalue weighted by molar-refractivity contribution is 0.667. The molecule has 0 N–H and O–H groups in total. The predicted molar refractivity (Wildman–Crippen MR) is 467 cm³/mol. The number of hydrogen-bond acceptors (Lipinski definition) is 6. The summed E-state index contributed by atoms with van der Waals surface area (Å²) >= 11 is 0. The molecule has 0 atom stereocenters. The Morgan fingerprint density at radius 2 is 0.513 bits per heavy atom. The highest BCUT2D eigenvalue weighted by Gasteiger charge is 2.26. The fourth-order valence-corrected chi connectivity index (χ4v) is 17.8. The summed E-state index contributed by atoms with van der Waals surface area (Å²) in [4.78, 5) is 21.0. The molecule has 0 radical (unpaired) electrons. The molecule has 9 nitrogen and oxygen atoms in total. The average Bonchev–Trinajstić information content (AvgIpc) is 1.73. The van der Waals surface area contributed by atoms with E-state index in [1.807, 2.05) is 66.7 Å². The van der Waals surface area contributed by atoms with E-state index in [-0.39, 0.29) is 0 Å². The molecule has 0 aliphatic heterocycles. The van der Waals surface area contributed by atoms with E-state index in [2.05, 4.69) is 329 Å². The molecule has 7 heterocycles. The van der Waals surface area contributed by atoms with E-state index in [1.54, 1.807) is 0 Å². The van der Waals surface area contributed by atoms with Crippen molar-refractivity contribution in [1.82, 2.24) is 33.6 Å². The largest absolute Gasteiger partial charge is 0.452 e. The van der Waals surface area contributed by atoms with Crippen molar-refractivity contribution >= 4 is 142 Å². The molecule has 0 bridgehead atoms. The Balaban J connectivity index is 0.000000134. The summed E-state index contributed by atoms with van der Waals surface area (Å²) in [5.74, 6) is 1.32. The third kappa shape index (κ3) is 10.2. The van der Waals surface area contributed by atoms with Gasteiger partial charge in [-0.3, -0.25) is 0 Å². The van der Waals surface area contributed by atoms with Gasteiger partial charge in [0.15, 0.2) is 22.8 Å². The van der Waals surface area contributed by atoms with Gasteiger partial charge in [-0.1, -0.05) is 297 Å². The molecule has 0 saturated carbocycles. The number of benzene rings is 17. The minimum Gasteiger partial charge on any atom is -0.452 e. The molecule has 0 unspecified atom stereocenters. The van der Waals surface area contributed by atoms with Crippen LogP contribution in [0.25, 0.3) is 226 Å². The molecule has 0 amide bonds. The normalized spacial score (nSPS) is 11.9. The second-order valence-corrected chi connectivity index (χ2v) is 29.1. The van der Waals surface area contributed by atoms with Gasteiger partial charge < -0.3 is 22.5 Å². The van der Waals surface area contributed by atoms with Crippen LogP contribution in [0.3, 0.4) is 0 Å². The third-order valence-corrected chi connectivity index (χ3v) is 22.7. The molecule has 17 aromatic carbocycles. The fourth-order valence-electron chi connectivity index (χ4n) is 17.8. The van der Waals surface area contributed by atoms with E-state index in [1.165, 1.54) is 75.7 Å². The molecule has 24 aromatic rings. The van der Waals surface area contributed by atoms with Crippen LogP contribution in [0.1, 0.15) is 0 Å². The zero-order chi connectivity index (χ0) is 74.2. The highest BCUT2D eigenvalue weighted by molar-refractivity contribution is 6.26. The van der Waals surface area contributed by atoms with E-state index in [9.17, 15) is 0 Å². The summed E-state index contributed by atoms with van der Waals surface area (Å²) < 4.78 is 20.8. The molecular weight excluding hydrogens is 1380 g/mol. The van der Waals surface area contributed by atoms with Crippen LogP contribution < -0.4 is 0 Å². The van der Waals surface area contributed by atoms with Crippen LogP contribution in [-0.4, -0.2) is 33.6 Å². The van der Waals surface area contributed by atoms with Gasteiger partial charge in [-0.25, -0.2) is 19.9 Å². The van der Waals surface area contributed by atoms with Gasteiger partial charge in [0.05, 0.1) is 43.9 Å². The summed E-state index contributed by atoms with van der Waals surface area (Å²) in [5, 5.41) is 16.6. The summed E-state index contributed by atoms with van der Waals surface area (Å²) in [5.41, 5.74) is 24.3. The molecule has 7 aromatic heterocycles. The number of nitrogens with zero attached hydrogens (tertiary/aromatic N) is 7. The molecule has 9 heteroatoms. The molecule has 0 aliphatic carbocycles. The van der Waals surface area contributed by atoms with Crippen LogP contribution in [0, 0.1) is 0 Å². The number of furan rings is 2. The monoisotopic (exact) mass is 1440 g/mol. The second-order valence-electron chi connectivity index (χ2n) is 29.1. The Morgan fingerprint density at radius 3 is 0.938 bits per heavy atom. The van der Waals surface area contributed by atoms with Crippen LogP contribution in [0.2, 0.25) is 0 Å². The van der Waals surface area contributed by atoms with Gasteiger partial charge in [0.2, 0.25) is 0 Å². The Hall–Kier alpha value is -15.3. The SMILES string of the molecule is c1ccc(-c2nc(-c3ccc4c5ccccc5c5ccccc5c4c3)c3oc4cccc(-c5cccc(-n6c7ccccc7c7ccccc76)c5)c4c3n2)cc1.c1ccc(-c2nc(-c3ccccc3)c3oc4cccc(-c5cc(-n6c7ccccc7c7ccccc76)cc(-n6c7ccccc7c7ccccc76)c5)c4c3n2)cc1. The van der Waals surface area contributed by atoms with Crippen molar-refractivity contribution < 1.29 is 8.83 Å². The average molecular weight is 1440 g/mol. The maximum absolute atomic E-state index is 6.85. The van der Waals surface area contributed by atoms with Gasteiger partial charge in [-0.15, -0.1) is 0 Å². The zero-order valence-electron chi connectivity index (χ0n) is 60.8. The van der Waals surface area contributed by atoms with Gasteiger partial charge in [0.1, 0.15) is 33.6 Å². The first-order valence-electron chi connectivity index (χ1n) is 38.2. The summed E-state index contributed by atoms with van der Waals surface area (Å²) in [6, 6.07) is 135. The van der Waals surface area contributed by atoms with Crippen LogP contribution in [-0.2, 0) is 0 Å². The molecular formula is C104H63N7O2. The van der Waals surface area contributed by atoms with Gasteiger partial charge in [0, 0.05) is 71.6 Å². The maximum atomic E-state index is 6.85. The van der Waals surface area contributed by atoms with Crippen molar-refractivity contribution in [3.8, 4) is 84.6 Å². The topological polar surface area (TPSA) is 92.6 Å². The van der Waals surface area contributed by atoms with Crippen molar-refractivity contribution in [2.24, 2.45) is 0 Å². The summed E-state index contributed by atoms with van der Waals surface area (Å²) in [6.45, 7) is 0. The Labute approximate surface area is 647 Å². The lowest BCUT2D eigenvalue weighted by Crippen LogP contribution is -2.00. The van der Waals surface area contributed by atoms with Crippen LogP contribution in [0.4, 0.5) is 0 Å². The number of hydrogen-bond donors (Lipinski definition) is 0. The number of fused-ring (bicyclic) bond motifs is 21. The number of aromatic nitrogens is 7. The Bertz CT molecular complexity index is 7680. The lowest BCUT2D eigenvalue weighted by atomic mass is 9.92. The molecule has 0 aliphatic rings. The van der Waals surface area contributed by atoms with E-state index in [4.69, 9.17) is 28.8 Å². The van der Waals surface area contributed by atoms with Gasteiger partial charge >= 0.3 is 0 Å². The number of para-hydroxylation sites is 6. The van der Waals surface area contributed by atoms with Crippen LogP contribution >= 0.6 is 0 Å². The number of rotatable bonds is 9. The van der Waals surface area contributed by atoms with E-state index in [0.29, 0.717) is 22.8 Å². The van der Waals surface area contributed by atoms with Crippen LogP contribution in [0.5, 0.6) is 0 Å². The van der Waals surface area contributed by atoms with Gasteiger partial charge in [-0.2, -0.15) is 0 Å². The second kappa shape index (κ2) is 25.7. The van der Waals surface area contributed by atoms with Crippen molar-refractivity contribution in [2.75, 3.05) is 0 Å². The van der Waals surface area contributed by atoms with Crippen molar-refractivity contribution in [2.45, 2.75) is 0 Å². The van der Waals surface area contributed by atoms with Gasteiger partial charge in [0.25, 0.3) is 0 Å². The minimum absolute atomic E-state index is 0.657. The van der Waals surface area contributed by atoms with E-state index < -0.39 is 0 Å². The predicted octanol–water partition coefficient (Wildman–Crippen LogP) is 27.5. The Morgan fingerprint density at radius 1 is 0.195 bits per heavy atom. The highest BCUT2D eigenvalue weighted by Crippen LogP contribution is 2.47. The van der Waals surface area contributed by atoms with Crippen molar-refractivity contribution in [3.05, 3.63) is 382 Å². The van der Waals surface area contributed by atoms with Gasteiger partial charge in [-0.05, 0) is 140 Å². The molecule has 24 rings (SSSR count). The highest BCUT2D eigenvalue weighted by atomic mass is 16.3. The lowest BCUT2D eigenvalue weighted by Gasteiger charge is -2.16. The fraction of sp³-hybridized carbons (Fsp3) is 0. The first-order chi connectivity index (χ1) is 56.1. The summed E-state index contributed by atoms with van der Waals surface area (Å²) in [6.07, 6.45) is 0. The van der Waals surface area contributed by atoms with E-state index >= 15 is 0 Å². The smallest absolute Gasteiger partial charge is 0.180 e. The van der Waals surface area contributed by atoms with Crippen LogP contribution in [0.15, 0.2) is 391 Å². The quantitative estimate of drug-likeness (QED) is 0.134. The van der Waals surface area contributed by atoms with E-state index in [0.717, 1.165) is 128 Å². The van der Waals surface area contributed by atoms with Crippen molar-refractivity contribution in [1.29, 1.82) is 0 Å². The molecule has 113 heavy (non-hydrogen) atoms. The molecule has 0 saturated heterocycles. The van der Waals surface area contributed by atoms with Crippen molar-refractivity contribution in [3.63, 3.8) is 0 Å².